The highest BCUT2D eigenvalue weighted by Crippen LogP contribution is 2.11. The van der Waals surface area contributed by atoms with Crippen LogP contribution in [0.3, 0.4) is 0 Å². The summed E-state index contributed by atoms with van der Waals surface area (Å²) < 4.78 is 16.6. The second kappa shape index (κ2) is 46.5. The normalized spacial score (nSPS) is 13.2. The van der Waals surface area contributed by atoms with Crippen molar-refractivity contribution in [3.63, 3.8) is 0 Å². The molecule has 0 saturated heterocycles. The third-order valence-electron chi connectivity index (χ3n) is 8.94. The SMILES string of the molecule is CC/C=C\C/C=C\C/C=C\C/C=C\C/C=C\CCCC(=O)OCC(COC(=O)CCCCCCC/C=C\C/C=C\CC)OC(=O)CCCC/C=C\C/C=C\C/C=C\CC. The topological polar surface area (TPSA) is 78.9 Å². The highest BCUT2D eigenvalue weighted by Gasteiger charge is 2.19. The molecule has 6 heteroatoms. The summed E-state index contributed by atoms with van der Waals surface area (Å²) >= 11 is 0. The van der Waals surface area contributed by atoms with Crippen LogP contribution in [0.15, 0.2) is 122 Å². The maximum absolute atomic E-state index is 12.7. The minimum absolute atomic E-state index is 0.123. The van der Waals surface area contributed by atoms with E-state index in [0.717, 1.165) is 122 Å². The van der Waals surface area contributed by atoms with Crippen LogP contribution in [0.25, 0.3) is 0 Å². The second-order valence-corrected chi connectivity index (χ2v) is 14.5. The lowest BCUT2D eigenvalue weighted by atomic mass is 10.1. The van der Waals surface area contributed by atoms with E-state index in [2.05, 4.69) is 142 Å². The zero-order chi connectivity index (χ0) is 43.0. The third kappa shape index (κ3) is 44.8. The molecule has 0 rings (SSSR count). The van der Waals surface area contributed by atoms with Crippen molar-refractivity contribution in [1.82, 2.24) is 0 Å². The fourth-order valence-corrected chi connectivity index (χ4v) is 5.59. The number of allylic oxidation sites excluding steroid dienone is 20. The van der Waals surface area contributed by atoms with Gasteiger partial charge in [0, 0.05) is 19.3 Å². The molecule has 0 aromatic rings. The molecule has 0 spiro atoms. The van der Waals surface area contributed by atoms with Crippen molar-refractivity contribution in [2.45, 2.75) is 181 Å². The minimum Gasteiger partial charge on any atom is -0.462 e. The fraction of sp³-hybridized carbons (Fsp3) is 0.566. The van der Waals surface area contributed by atoms with Crippen molar-refractivity contribution >= 4 is 17.9 Å². The fourth-order valence-electron chi connectivity index (χ4n) is 5.59. The summed E-state index contributed by atoms with van der Waals surface area (Å²) in [5.41, 5.74) is 0. The van der Waals surface area contributed by atoms with Gasteiger partial charge in [-0.2, -0.15) is 0 Å². The largest absolute Gasteiger partial charge is 0.462 e. The van der Waals surface area contributed by atoms with Gasteiger partial charge in [0.25, 0.3) is 0 Å². The molecule has 0 aromatic heterocycles. The van der Waals surface area contributed by atoms with Crippen molar-refractivity contribution in [1.29, 1.82) is 0 Å². The number of unbranched alkanes of at least 4 members (excludes halogenated alkanes) is 8. The predicted octanol–water partition coefficient (Wildman–Crippen LogP) is 15.0. The zero-order valence-corrected chi connectivity index (χ0v) is 37.5. The van der Waals surface area contributed by atoms with Crippen molar-refractivity contribution in [3.8, 4) is 0 Å². The number of hydrogen-bond donors (Lipinski definition) is 0. The lowest BCUT2D eigenvalue weighted by Gasteiger charge is -2.18. The van der Waals surface area contributed by atoms with Crippen LogP contribution in [-0.4, -0.2) is 37.2 Å². The molecule has 0 aliphatic heterocycles. The van der Waals surface area contributed by atoms with E-state index >= 15 is 0 Å². The molecule has 6 nitrogen and oxygen atoms in total. The smallest absolute Gasteiger partial charge is 0.306 e. The van der Waals surface area contributed by atoms with Gasteiger partial charge >= 0.3 is 17.9 Å². The Hall–Kier alpha value is -4.19. The monoisotopic (exact) mass is 815 g/mol. The Morgan fingerprint density at radius 2 is 0.627 bits per heavy atom. The Balaban J connectivity index is 4.56. The van der Waals surface area contributed by atoms with Gasteiger partial charge in [0.05, 0.1) is 0 Å². The first kappa shape index (κ1) is 54.8. The molecule has 0 bridgehead atoms. The summed E-state index contributed by atoms with van der Waals surface area (Å²) in [7, 11) is 0. The van der Waals surface area contributed by atoms with Gasteiger partial charge in [0.2, 0.25) is 0 Å². The average molecular weight is 815 g/mol. The van der Waals surface area contributed by atoms with Gasteiger partial charge in [-0.1, -0.05) is 162 Å². The van der Waals surface area contributed by atoms with E-state index < -0.39 is 6.10 Å². The van der Waals surface area contributed by atoms with Crippen LogP contribution in [-0.2, 0) is 28.6 Å². The molecule has 0 aliphatic rings. The summed E-state index contributed by atoms with van der Waals surface area (Å²) in [5.74, 6) is -1.05. The number of carbonyl (C=O) groups excluding carboxylic acids is 3. The third-order valence-corrected chi connectivity index (χ3v) is 8.94. The van der Waals surface area contributed by atoms with Crippen LogP contribution >= 0.6 is 0 Å². The van der Waals surface area contributed by atoms with Crippen LogP contribution in [0, 0.1) is 0 Å². The zero-order valence-electron chi connectivity index (χ0n) is 37.5. The number of carbonyl (C=O) groups is 3. The van der Waals surface area contributed by atoms with E-state index in [1.54, 1.807) is 0 Å². The summed E-state index contributed by atoms with van der Waals surface area (Å²) in [4.78, 5) is 37.8. The molecule has 59 heavy (non-hydrogen) atoms. The van der Waals surface area contributed by atoms with Gasteiger partial charge in [-0.05, 0) is 116 Å². The lowest BCUT2D eigenvalue weighted by molar-refractivity contribution is -0.167. The van der Waals surface area contributed by atoms with Crippen molar-refractivity contribution in [2.24, 2.45) is 0 Å². The first-order valence-corrected chi connectivity index (χ1v) is 23.0. The van der Waals surface area contributed by atoms with Crippen molar-refractivity contribution < 1.29 is 28.6 Å². The molecule has 0 radical (unpaired) electrons. The molecule has 0 saturated carbocycles. The minimum atomic E-state index is -0.828. The highest BCUT2D eigenvalue weighted by molar-refractivity contribution is 5.71. The summed E-state index contributed by atoms with van der Waals surface area (Å²) in [5, 5.41) is 0. The molecule has 0 heterocycles. The van der Waals surface area contributed by atoms with Gasteiger partial charge in [0.15, 0.2) is 6.10 Å². The molecule has 0 fully saturated rings. The van der Waals surface area contributed by atoms with Crippen LogP contribution in [0.5, 0.6) is 0 Å². The first-order valence-electron chi connectivity index (χ1n) is 23.0. The maximum Gasteiger partial charge on any atom is 0.306 e. The standard InChI is InChI=1S/C53H82O6/c1-4-7-10-13-16-19-22-25-26-27-28-29-32-34-37-40-43-46-52(55)58-49-50(59-53(56)47-44-41-38-35-31-24-21-18-15-12-9-6-3)48-57-51(54)45-42-39-36-33-30-23-20-17-14-11-8-5-2/h7-12,16-21,25-26,28-29,31,34-35,37,50H,4-6,13-15,22-24,27,30,32-33,36,38-49H2,1-3H3/b10-7-,11-8-,12-9-,19-16-,20-17-,21-18-,26-25-,29-28-,35-31-,37-34-. The molecule has 1 unspecified atom stereocenters. The lowest BCUT2D eigenvalue weighted by Crippen LogP contribution is -2.30. The van der Waals surface area contributed by atoms with Gasteiger partial charge in [-0.15, -0.1) is 0 Å². The molecular weight excluding hydrogens is 733 g/mol. The van der Waals surface area contributed by atoms with Gasteiger partial charge in [-0.25, -0.2) is 0 Å². The predicted molar refractivity (Wildman–Crippen MR) is 251 cm³/mol. The Morgan fingerprint density at radius 3 is 1.05 bits per heavy atom. The molecule has 0 N–H and O–H groups in total. The van der Waals surface area contributed by atoms with Crippen LogP contribution < -0.4 is 0 Å². The summed E-state index contributed by atoms with van der Waals surface area (Å²) in [6.07, 6.45) is 63.4. The Bertz CT molecular complexity index is 1300. The van der Waals surface area contributed by atoms with Crippen LogP contribution in [0.4, 0.5) is 0 Å². The van der Waals surface area contributed by atoms with E-state index in [1.165, 1.54) is 0 Å². The van der Waals surface area contributed by atoms with E-state index in [0.29, 0.717) is 19.3 Å². The van der Waals surface area contributed by atoms with Gasteiger partial charge in [0.1, 0.15) is 13.2 Å². The van der Waals surface area contributed by atoms with Crippen molar-refractivity contribution in [2.75, 3.05) is 13.2 Å². The van der Waals surface area contributed by atoms with E-state index in [1.807, 2.05) is 0 Å². The second-order valence-electron chi connectivity index (χ2n) is 14.5. The van der Waals surface area contributed by atoms with Gasteiger partial charge < -0.3 is 14.2 Å². The molecule has 0 aliphatic carbocycles. The first-order chi connectivity index (χ1) is 29.0. The summed E-state index contributed by atoms with van der Waals surface area (Å²) in [6, 6.07) is 0. The average Bonchev–Trinajstić information content (AvgIpc) is 3.23. The van der Waals surface area contributed by atoms with Crippen LogP contribution in [0.2, 0.25) is 0 Å². The van der Waals surface area contributed by atoms with Crippen LogP contribution in [0.1, 0.15) is 175 Å². The van der Waals surface area contributed by atoms with E-state index in [9.17, 15) is 14.4 Å². The number of rotatable bonds is 39. The summed E-state index contributed by atoms with van der Waals surface area (Å²) in [6.45, 7) is 6.16. The maximum atomic E-state index is 12.7. The molecule has 330 valence electrons. The molecule has 0 amide bonds. The number of esters is 3. The van der Waals surface area contributed by atoms with Crippen molar-refractivity contribution in [3.05, 3.63) is 122 Å². The van der Waals surface area contributed by atoms with Gasteiger partial charge in [-0.3, -0.25) is 14.4 Å². The van der Waals surface area contributed by atoms with E-state index in [-0.39, 0.29) is 44.0 Å². The molecular formula is C53H82O6. The van der Waals surface area contributed by atoms with E-state index in [4.69, 9.17) is 14.2 Å². The Morgan fingerprint density at radius 1 is 0.339 bits per heavy atom. The Kier molecular flexibility index (Phi) is 43.2. The Labute approximate surface area is 361 Å². The number of ether oxygens (including phenoxy) is 3. The molecule has 1 atom stereocenters. The number of hydrogen-bond acceptors (Lipinski definition) is 6. The highest BCUT2D eigenvalue weighted by atomic mass is 16.6. The quantitative estimate of drug-likeness (QED) is 0.0266. The molecule has 0 aromatic carbocycles.